The van der Waals surface area contributed by atoms with Gasteiger partial charge in [-0.2, -0.15) is 0 Å². The van der Waals surface area contributed by atoms with Crippen molar-refractivity contribution >= 4 is 12.0 Å². The number of urea groups is 1. The highest BCUT2D eigenvalue weighted by Gasteiger charge is 2.41. The number of hydrogen-bond donors (Lipinski definition) is 3. The zero-order chi connectivity index (χ0) is 14.0. The summed E-state index contributed by atoms with van der Waals surface area (Å²) in [5.41, 5.74) is -0.466. The van der Waals surface area contributed by atoms with Gasteiger partial charge >= 0.3 is 12.0 Å². The van der Waals surface area contributed by atoms with Crippen LogP contribution in [0.25, 0.3) is 0 Å². The summed E-state index contributed by atoms with van der Waals surface area (Å²) in [6, 6.07) is -1.40. The molecule has 2 aliphatic heterocycles. The Kier molecular flexibility index (Phi) is 3.96. The van der Waals surface area contributed by atoms with Crippen molar-refractivity contribution in [1.29, 1.82) is 0 Å². The van der Waals surface area contributed by atoms with Gasteiger partial charge in [0.15, 0.2) is 0 Å². The van der Waals surface area contributed by atoms with Crippen molar-refractivity contribution in [2.24, 2.45) is 0 Å². The maximum absolute atomic E-state index is 12.2. The number of carboxylic acid groups (broad SMARTS) is 1. The van der Waals surface area contributed by atoms with Crippen LogP contribution in [0.15, 0.2) is 0 Å². The van der Waals surface area contributed by atoms with Crippen molar-refractivity contribution in [1.82, 2.24) is 10.2 Å². The molecule has 0 radical (unpaired) electrons. The molecule has 3 atom stereocenters. The lowest BCUT2D eigenvalue weighted by Crippen LogP contribution is -2.57. The lowest BCUT2D eigenvalue weighted by atomic mass is 9.95. The standard InChI is InChI=1S/C12H20N2O5/c1-12(3-2-4-19-7-12)13-11(18)14-6-8(15)5-9(14)10(16)17/h8-9,15H,2-7H2,1H3,(H,13,18)(H,16,17)/t8?,9-,12?/m0/s1. The summed E-state index contributed by atoms with van der Waals surface area (Å²) < 4.78 is 5.35. The number of aliphatic hydroxyl groups excluding tert-OH is 1. The van der Waals surface area contributed by atoms with Crippen molar-refractivity contribution in [3.63, 3.8) is 0 Å². The molecule has 0 bridgehead atoms. The largest absolute Gasteiger partial charge is 0.480 e. The van der Waals surface area contributed by atoms with E-state index in [1.807, 2.05) is 6.92 Å². The highest BCUT2D eigenvalue weighted by atomic mass is 16.5. The number of rotatable bonds is 2. The van der Waals surface area contributed by atoms with Crippen LogP contribution in [0.3, 0.4) is 0 Å². The normalized spacial score (nSPS) is 35.2. The van der Waals surface area contributed by atoms with Crippen molar-refractivity contribution in [2.75, 3.05) is 19.8 Å². The average molecular weight is 272 g/mol. The molecular weight excluding hydrogens is 252 g/mol. The van der Waals surface area contributed by atoms with E-state index in [0.29, 0.717) is 13.2 Å². The number of ether oxygens (including phenoxy) is 1. The molecule has 3 N–H and O–H groups in total. The van der Waals surface area contributed by atoms with E-state index >= 15 is 0 Å². The SMILES string of the molecule is CC1(NC(=O)N2CC(O)C[C@H]2C(=O)O)CCCOC1. The average Bonchev–Trinajstić information content (AvgIpc) is 2.72. The summed E-state index contributed by atoms with van der Waals surface area (Å²) in [5, 5.41) is 21.4. The lowest BCUT2D eigenvalue weighted by molar-refractivity contribution is -0.141. The monoisotopic (exact) mass is 272 g/mol. The van der Waals surface area contributed by atoms with Gasteiger partial charge in [-0.15, -0.1) is 0 Å². The fourth-order valence-electron chi connectivity index (χ4n) is 2.63. The van der Waals surface area contributed by atoms with E-state index in [9.17, 15) is 14.7 Å². The number of amides is 2. The number of hydrogen-bond acceptors (Lipinski definition) is 4. The molecule has 0 aliphatic carbocycles. The first-order valence-corrected chi connectivity index (χ1v) is 6.49. The summed E-state index contributed by atoms with van der Waals surface area (Å²) in [4.78, 5) is 24.4. The Morgan fingerprint density at radius 3 is 2.79 bits per heavy atom. The smallest absolute Gasteiger partial charge is 0.326 e. The van der Waals surface area contributed by atoms with Gasteiger partial charge in [-0.3, -0.25) is 0 Å². The molecule has 2 heterocycles. The van der Waals surface area contributed by atoms with Crippen LogP contribution in [0, 0.1) is 0 Å². The molecule has 19 heavy (non-hydrogen) atoms. The second-order valence-corrected chi connectivity index (χ2v) is 5.54. The predicted molar refractivity (Wildman–Crippen MR) is 65.7 cm³/mol. The van der Waals surface area contributed by atoms with E-state index in [-0.39, 0.29) is 13.0 Å². The molecule has 0 aromatic rings. The van der Waals surface area contributed by atoms with Gasteiger partial charge in [0, 0.05) is 19.6 Å². The minimum atomic E-state index is -1.09. The van der Waals surface area contributed by atoms with Crippen molar-refractivity contribution < 1.29 is 24.5 Å². The summed E-state index contributed by atoms with van der Waals surface area (Å²) in [5.74, 6) is -1.09. The Labute approximate surface area is 111 Å². The second-order valence-electron chi connectivity index (χ2n) is 5.54. The Morgan fingerprint density at radius 1 is 1.47 bits per heavy atom. The fraction of sp³-hybridized carbons (Fsp3) is 0.833. The molecule has 2 rings (SSSR count). The Hall–Kier alpha value is -1.34. The van der Waals surface area contributed by atoms with Crippen LogP contribution < -0.4 is 5.32 Å². The highest BCUT2D eigenvalue weighted by molar-refractivity contribution is 5.83. The van der Waals surface area contributed by atoms with Crippen LogP contribution in [0.1, 0.15) is 26.2 Å². The molecule has 2 amide bonds. The number of aliphatic hydroxyl groups is 1. The minimum absolute atomic E-state index is 0.0553. The molecule has 2 fully saturated rings. The molecule has 0 aromatic carbocycles. The van der Waals surface area contributed by atoms with Gasteiger partial charge in [0.1, 0.15) is 6.04 Å². The molecule has 7 heteroatoms. The van der Waals surface area contributed by atoms with E-state index in [0.717, 1.165) is 12.8 Å². The number of nitrogens with zero attached hydrogens (tertiary/aromatic N) is 1. The van der Waals surface area contributed by atoms with E-state index in [1.54, 1.807) is 0 Å². The van der Waals surface area contributed by atoms with Crippen LogP contribution in [0.5, 0.6) is 0 Å². The number of carbonyl (C=O) groups excluding carboxylic acids is 1. The van der Waals surface area contributed by atoms with Crippen LogP contribution >= 0.6 is 0 Å². The van der Waals surface area contributed by atoms with Crippen LogP contribution in [0.4, 0.5) is 4.79 Å². The number of aliphatic carboxylic acids is 1. The summed E-state index contributed by atoms with van der Waals surface area (Å²) in [6.45, 7) is 3.05. The van der Waals surface area contributed by atoms with E-state index in [4.69, 9.17) is 9.84 Å². The minimum Gasteiger partial charge on any atom is -0.480 e. The van der Waals surface area contributed by atoms with Gasteiger partial charge in [-0.25, -0.2) is 9.59 Å². The predicted octanol–water partition coefficient (Wildman–Crippen LogP) is -0.215. The van der Waals surface area contributed by atoms with Gasteiger partial charge in [0.05, 0.1) is 18.2 Å². The van der Waals surface area contributed by atoms with E-state index in [1.165, 1.54) is 4.90 Å². The van der Waals surface area contributed by atoms with Gasteiger partial charge in [0.25, 0.3) is 0 Å². The third-order valence-corrected chi connectivity index (χ3v) is 3.67. The van der Waals surface area contributed by atoms with Crippen molar-refractivity contribution in [3.05, 3.63) is 0 Å². The first kappa shape index (κ1) is 14.1. The number of carbonyl (C=O) groups is 2. The third kappa shape index (κ3) is 3.16. The summed E-state index contributed by atoms with van der Waals surface area (Å²) >= 11 is 0. The Balaban J connectivity index is 2.00. The second kappa shape index (κ2) is 5.34. The number of β-amino-alcohol motifs (C(OH)–C–C–N with tert-alkyl or cyclic N) is 1. The molecule has 0 aromatic heterocycles. The first-order chi connectivity index (χ1) is 8.91. The lowest BCUT2D eigenvalue weighted by Gasteiger charge is -2.36. The van der Waals surface area contributed by atoms with Gasteiger partial charge < -0.3 is 25.2 Å². The summed E-state index contributed by atoms with van der Waals surface area (Å²) in [6.07, 6.45) is 0.965. The quantitative estimate of drug-likeness (QED) is 0.645. The maximum atomic E-state index is 12.2. The van der Waals surface area contributed by atoms with E-state index < -0.39 is 29.7 Å². The molecule has 2 aliphatic rings. The zero-order valence-electron chi connectivity index (χ0n) is 11.0. The topological polar surface area (TPSA) is 99.1 Å². The third-order valence-electron chi connectivity index (χ3n) is 3.67. The van der Waals surface area contributed by atoms with Gasteiger partial charge in [0.2, 0.25) is 0 Å². The van der Waals surface area contributed by atoms with Gasteiger partial charge in [-0.1, -0.05) is 0 Å². The first-order valence-electron chi connectivity index (χ1n) is 6.49. The molecule has 2 saturated heterocycles. The molecule has 2 unspecified atom stereocenters. The molecule has 108 valence electrons. The molecule has 7 nitrogen and oxygen atoms in total. The summed E-state index contributed by atoms with van der Waals surface area (Å²) in [7, 11) is 0. The fourth-order valence-corrected chi connectivity index (χ4v) is 2.63. The van der Waals surface area contributed by atoms with Crippen molar-refractivity contribution in [2.45, 2.75) is 43.9 Å². The maximum Gasteiger partial charge on any atom is 0.326 e. The molecule has 0 saturated carbocycles. The van der Waals surface area contributed by atoms with Crippen molar-refractivity contribution in [3.8, 4) is 0 Å². The number of likely N-dealkylation sites (tertiary alicyclic amines) is 1. The van der Waals surface area contributed by atoms with Crippen LogP contribution in [0.2, 0.25) is 0 Å². The zero-order valence-corrected chi connectivity index (χ0v) is 11.0. The van der Waals surface area contributed by atoms with Crippen LogP contribution in [-0.2, 0) is 9.53 Å². The Morgan fingerprint density at radius 2 is 2.21 bits per heavy atom. The number of carboxylic acids is 1. The Bertz CT molecular complexity index is 367. The molecular formula is C12H20N2O5. The van der Waals surface area contributed by atoms with Crippen LogP contribution in [-0.4, -0.2) is 64.6 Å². The molecule has 0 spiro atoms. The van der Waals surface area contributed by atoms with E-state index in [2.05, 4.69) is 5.32 Å². The highest BCUT2D eigenvalue weighted by Crippen LogP contribution is 2.22. The number of nitrogens with one attached hydrogen (secondary N) is 1. The van der Waals surface area contributed by atoms with Gasteiger partial charge in [-0.05, 0) is 19.8 Å².